The lowest BCUT2D eigenvalue weighted by Gasteiger charge is -2.23. The molecule has 0 saturated heterocycles. The summed E-state index contributed by atoms with van der Waals surface area (Å²) in [5.41, 5.74) is 2.31. The van der Waals surface area contributed by atoms with Gasteiger partial charge in [-0.05, 0) is 44.0 Å². The van der Waals surface area contributed by atoms with Crippen molar-refractivity contribution in [1.82, 2.24) is 0 Å². The van der Waals surface area contributed by atoms with Gasteiger partial charge in [0.25, 0.3) is 0 Å². The first-order valence-corrected chi connectivity index (χ1v) is 5.69. The molecule has 0 unspecified atom stereocenters. The molecule has 0 aliphatic carbocycles. The highest BCUT2D eigenvalue weighted by Gasteiger charge is 2.09. The van der Waals surface area contributed by atoms with Crippen LogP contribution in [0.25, 0.3) is 0 Å². The Kier molecular flexibility index (Phi) is 4.35. The Morgan fingerprint density at radius 3 is 2.50 bits per heavy atom. The smallest absolute Gasteiger partial charge is 0.335 e. The number of carbonyl (C=O) groups is 1. The highest BCUT2D eigenvalue weighted by molar-refractivity contribution is 5.89. The van der Waals surface area contributed by atoms with Crippen LogP contribution in [0.3, 0.4) is 0 Å². The minimum Gasteiger partial charge on any atom is -0.478 e. The van der Waals surface area contributed by atoms with Gasteiger partial charge in [0.05, 0.1) is 5.56 Å². The highest BCUT2D eigenvalue weighted by atomic mass is 16.4. The molecular formula is C13H19NO2. The molecule has 1 N–H and O–H groups in total. The van der Waals surface area contributed by atoms with Crippen LogP contribution in [-0.2, 0) is 0 Å². The van der Waals surface area contributed by atoms with Crippen molar-refractivity contribution in [3.63, 3.8) is 0 Å². The average molecular weight is 221 g/mol. The lowest BCUT2D eigenvalue weighted by molar-refractivity contribution is 0.0696. The van der Waals surface area contributed by atoms with E-state index in [1.807, 2.05) is 19.1 Å². The van der Waals surface area contributed by atoms with Crippen LogP contribution in [0.5, 0.6) is 0 Å². The SMILES string of the molecule is CCCN(CC)c1ccc(C(=O)O)c(C)c1. The third-order valence-electron chi connectivity index (χ3n) is 2.68. The predicted octanol–water partition coefficient (Wildman–Crippen LogP) is 2.93. The lowest BCUT2D eigenvalue weighted by Crippen LogP contribution is -2.23. The van der Waals surface area contributed by atoms with Crippen LogP contribution in [0.1, 0.15) is 36.2 Å². The fourth-order valence-electron chi connectivity index (χ4n) is 1.82. The van der Waals surface area contributed by atoms with E-state index in [1.54, 1.807) is 6.07 Å². The van der Waals surface area contributed by atoms with Gasteiger partial charge in [-0.1, -0.05) is 6.92 Å². The summed E-state index contributed by atoms with van der Waals surface area (Å²) in [4.78, 5) is 13.1. The number of anilines is 1. The Hall–Kier alpha value is -1.51. The van der Waals surface area contributed by atoms with E-state index in [4.69, 9.17) is 5.11 Å². The maximum absolute atomic E-state index is 10.9. The number of rotatable bonds is 5. The van der Waals surface area contributed by atoms with Gasteiger partial charge in [0.15, 0.2) is 0 Å². The van der Waals surface area contributed by atoms with E-state index in [2.05, 4.69) is 18.7 Å². The highest BCUT2D eigenvalue weighted by Crippen LogP contribution is 2.19. The van der Waals surface area contributed by atoms with Crippen molar-refractivity contribution < 1.29 is 9.90 Å². The molecule has 0 atom stereocenters. The van der Waals surface area contributed by atoms with Crippen LogP contribution < -0.4 is 4.90 Å². The van der Waals surface area contributed by atoms with Crippen molar-refractivity contribution in [2.75, 3.05) is 18.0 Å². The zero-order valence-electron chi connectivity index (χ0n) is 10.2. The molecule has 0 aliphatic heterocycles. The standard InChI is InChI=1S/C13H19NO2/c1-4-8-14(5-2)11-6-7-12(13(15)16)10(3)9-11/h6-7,9H,4-5,8H2,1-3H3,(H,15,16). The zero-order chi connectivity index (χ0) is 12.1. The van der Waals surface area contributed by atoms with E-state index in [9.17, 15) is 4.79 Å². The zero-order valence-corrected chi connectivity index (χ0v) is 10.2. The van der Waals surface area contributed by atoms with Crippen molar-refractivity contribution in [3.05, 3.63) is 29.3 Å². The molecule has 1 aromatic rings. The van der Waals surface area contributed by atoms with E-state index < -0.39 is 5.97 Å². The Balaban J connectivity index is 2.99. The largest absolute Gasteiger partial charge is 0.478 e. The first-order chi connectivity index (χ1) is 7.60. The third kappa shape index (κ3) is 2.75. The van der Waals surface area contributed by atoms with Crippen molar-refractivity contribution in [2.45, 2.75) is 27.2 Å². The Morgan fingerprint density at radius 2 is 2.06 bits per heavy atom. The fourth-order valence-corrected chi connectivity index (χ4v) is 1.82. The number of nitrogens with zero attached hydrogens (tertiary/aromatic N) is 1. The summed E-state index contributed by atoms with van der Waals surface area (Å²) in [5.74, 6) is -0.859. The number of hydrogen-bond acceptors (Lipinski definition) is 2. The Bertz CT molecular complexity index is 374. The number of carboxylic acids is 1. The van der Waals surface area contributed by atoms with E-state index in [1.165, 1.54) is 0 Å². The van der Waals surface area contributed by atoms with Crippen LogP contribution in [0.4, 0.5) is 5.69 Å². The van der Waals surface area contributed by atoms with Gasteiger partial charge in [-0.15, -0.1) is 0 Å². The molecule has 3 heteroatoms. The molecule has 0 aromatic heterocycles. The molecule has 88 valence electrons. The van der Waals surface area contributed by atoms with Crippen molar-refractivity contribution in [1.29, 1.82) is 0 Å². The van der Waals surface area contributed by atoms with Crippen LogP contribution in [0.2, 0.25) is 0 Å². The normalized spacial score (nSPS) is 10.2. The summed E-state index contributed by atoms with van der Waals surface area (Å²) in [6, 6.07) is 5.52. The number of aromatic carboxylic acids is 1. The molecule has 0 bridgehead atoms. The topological polar surface area (TPSA) is 40.5 Å². The van der Waals surface area contributed by atoms with Gasteiger partial charge >= 0.3 is 5.97 Å². The molecule has 0 aliphatic rings. The Labute approximate surface area is 96.7 Å². The summed E-state index contributed by atoms with van der Waals surface area (Å²) in [6.07, 6.45) is 1.09. The molecule has 0 saturated carbocycles. The van der Waals surface area contributed by atoms with Gasteiger partial charge in [-0.2, -0.15) is 0 Å². The lowest BCUT2D eigenvalue weighted by atomic mass is 10.1. The summed E-state index contributed by atoms with van der Waals surface area (Å²) in [6.45, 7) is 8.03. The van der Waals surface area contributed by atoms with Crippen molar-refractivity contribution >= 4 is 11.7 Å². The van der Waals surface area contributed by atoms with E-state index >= 15 is 0 Å². The summed E-state index contributed by atoms with van der Waals surface area (Å²) in [5, 5.41) is 8.94. The van der Waals surface area contributed by atoms with Crippen molar-refractivity contribution in [2.24, 2.45) is 0 Å². The minimum absolute atomic E-state index is 0.385. The number of aryl methyl sites for hydroxylation is 1. The third-order valence-corrected chi connectivity index (χ3v) is 2.68. The maximum Gasteiger partial charge on any atom is 0.335 e. The van der Waals surface area contributed by atoms with Crippen LogP contribution >= 0.6 is 0 Å². The van der Waals surface area contributed by atoms with E-state index in [0.717, 1.165) is 30.8 Å². The molecule has 0 radical (unpaired) electrons. The minimum atomic E-state index is -0.859. The molecule has 3 nitrogen and oxygen atoms in total. The van der Waals surface area contributed by atoms with Gasteiger partial charge < -0.3 is 10.0 Å². The predicted molar refractivity (Wildman–Crippen MR) is 66.3 cm³/mol. The molecule has 16 heavy (non-hydrogen) atoms. The first kappa shape index (κ1) is 12.6. The van der Waals surface area contributed by atoms with Crippen LogP contribution in [0, 0.1) is 6.92 Å². The van der Waals surface area contributed by atoms with Crippen LogP contribution in [-0.4, -0.2) is 24.2 Å². The van der Waals surface area contributed by atoms with Gasteiger partial charge in [0, 0.05) is 18.8 Å². The monoisotopic (exact) mass is 221 g/mol. The molecule has 0 amide bonds. The summed E-state index contributed by atoms with van der Waals surface area (Å²) < 4.78 is 0. The van der Waals surface area contributed by atoms with Gasteiger partial charge in [-0.3, -0.25) is 0 Å². The molecule has 0 spiro atoms. The van der Waals surface area contributed by atoms with Crippen molar-refractivity contribution in [3.8, 4) is 0 Å². The van der Waals surface area contributed by atoms with Gasteiger partial charge in [-0.25, -0.2) is 4.79 Å². The van der Waals surface area contributed by atoms with Gasteiger partial charge in [0.2, 0.25) is 0 Å². The summed E-state index contributed by atoms with van der Waals surface area (Å²) >= 11 is 0. The molecular weight excluding hydrogens is 202 g/mol. The van der Waals surface area contributed by atoms with Gasteiger partial charge in [0.1, 0.15) is 0 Å². The fraction of sp³-hybridized carbons (Fsp3) is 0.462. The van der Waals surface area contributed by atoms with E-state index in [0.29, 0.717) is 5.56 Å². The van der Waals surface area contributed by atoms with Crippen LogP contribution in [0.15, 0.2) is 18.2 Å². The Morgan fingerprint density at radius 1 is 1.38 bits per heavy atom. The molecule has 1 aromatic carbocycles. The number of benzene rings is 1. The molecule has 1 rings (SSSR count). The first-order valence-electron chi connectivity index (χ1n) is 5.69. The second-order valence-electron chi connectivity index (χ2n) is 3.88. The quantitative estimate of drug-likeness (QED) is 0.831. The second kappa shape index (κ2) is 5.54. The maximum atomic E-state index is 10.9. The second-order valence-corrected chi connectivity index (χ2v) is 3.88. The number of carboxylic acid groups (broad SMARTS) is 1. The number of hydrogen-bond donors (Lipinski definition) is 1. The molecule has 0 fully saturated rings. The summed E-state index contributed by atoms with van der Waals surface area (Å²) in [7, 11) is 0. The molecule has 0 heterocycles. The van der Waals surface area contributed by atoms with E-state index in [-0.39, 0.29) is 0 Å². The average Bonchev–Trinajstić information content (AvgIpc) is 2.25.